The summed E-state index contributed by atoms with van der Waals surface area (Å²) in [6, 6.07) is 8.92. The van der Waals surface area contributed by atoms with Gasteiger partial charge in [0.25, 0.3) is 5.91 Å². The second kappa shape index (κ2) is 7.47. The second-order valence-corrected chi connectivity index (χ2v) is 7.98. The molecule has 144 valence electrons. The quantitative estimate of drug-likeness (QED) is 0.817. The number of carbonyl (C=O) groups is 2. The van der Waals surface area contributed by atoms with Crippen LogP contribution in [0.2, 0.25) is 0 Å². The number of nitrogens with two attached hydrogens (primary N) is 1. The maximum absolute atomic E-state index is 12.4. The number of furan rings is 1. The average molecular weight is 370 g/mol. The first-order chi connectivity index (χ1) is 12.7. The number of nitrogens with one attached hydrogen (secondary N) is 1. The highest BCUT2D eigenvalue weighted by atomic mass is 16.5. The zero-order valence-corrected chi connectivity index (χ0v) is 16.0. The Morgan fingerprint density at radius 3 is 2.67 bits per heavy atom. The molecule has 27 heavy (non-hydrogen) atoms. The molecule has 1 heterocycles. The predicted octanol–water partition coefficient (Wildman–Crippen LogP) is 2.82. The first-order valence-corrected chi connectivity index (χ1v) is 9.10. The number of aryl methyl sites for hydroxylation is 1. The lowest BCUT2D eigenvalue weighted by molar-refractivity contribution is -0.124. The molecule has 1 atom stereocenters. The van der Waals surface area contributed by atoms with Crippen molar-refractivity contribution in [3.63, 3.8) is 0 Å². The molecule has 1 aromatic carbocycles. The van der Waals surface area contributed by atoms with E-state index in [1.165, 1.54) is 0 Å². The Hall–Kier alpha value is -2.76. The van der Waals surface area contributed by atoms with Gasteiger partial charge in [-0.05, 0) is 42.5 Å². The number of primary amides is 1. The molecule has 3 rings (SSSR count). The molecule has 0 fully saturated rings. The number of fused-ring (bicyclic) bond motifs is 1. The van der Waals surface area contributed by atoms with Gasteiger partial charge in [0.2, 0.25) is 5.91 Å². The molecule has 0 saturated carbocycles. The fourth-order valence-corrected chi connectivity index (χ4v) is 3.60. The third kappa shape index (κ3) is 4.90. The van der Waals surface area contributed by atoms with Crippen LogP contribution < -0.4 is 15.8 Å². The molecule has 0 bridgehead atoms. The van der Waals surface area contributed by atoms with Crippen LogP contribution in [0.1, 0.15) is 49.0 Å². The van der Waals surface area contributed by atoms with E-state index in [2.05, 4.69) is 19.2 Å². The van der Waals surface area contributed by atoms with Crippen molar-refractivity contribution in [1.82, 2.24) is 5.32 Å². The van der Waals surface area contributed by atoms with Crippen LogP contribution in [-0.4, -0.2) is 18.4 Å². The maximum atomic E-state index is 12.4. The number of amides is 2. The van der Waals surface area contributed by atoms with Crippen molar-refractivity contribution in [3.8, 4) is 5.75 Å². The van der Waals surface area contributed by atoms with Gasteiger partial charge in [0.1, 0.15) is 17.3 Å². The van der Waals surface area contributed by atoms with Crippen molar-refractivity contribution in [2.75, 3.05) is 6.61 Å². The fraction of sp³-hybridized carbons (Fsp3) is 0.429. The fourth-order valence-electron chi connectivity index (χ4n) is 3.60. The molecular weight excluding hydrogens is 344 g/mol. The molecule has 1 aliphatic carbocycles. The van der Waals surface area contributed by atoms with E-state index in [0.29, 0.717) is 5.75 Å². The highest BCUT2D eigenvalue weighted by Crippen LogP contribution is 2.41. The molecule has 0 aliphatic heterocycles. The van der Waals surface area contributed by atoms with Crippen LogP contribution in [0.4, 0.5) is 0 Å². The summed E-state index contributed by atoms with van der Waals surface area (Å²) >= 11 is 0. The summed E-state index contributed by atoms with van der Waals surface area (Å²) in [5.74, 6) is 1.84. The van der Waals surface area contributed by atoms with Crippen molar-refractivity contribution in [3.05, 3.63) is 53.0 Å². The molecule has 2 amide bonds. The van der Waals surface area contributed by atoms with Crippen LogP contribution in [0.15, 0.2) is 34.7 Å². The van der Waals surface area contributed by atoms with E-state index >= 15 is 0 Å². The van der Waals surface area contributed by atoms with Crippen molar-refractivity contribution in [2.45, 2.75) is 46.1 Å². The topological polar surface area (TPSA) is 94.6 Å². The zero-order valence-electron chi connectivity index (χ0n) is 16.0. The molecule has 1 aromatic heterocycles. The van der Waals surface area contributed by atoms with Gasteiger partial charge in [0, 0.05) is 12.0 Å². The summed E-state index contributed by atoms with van der Waals surface area (Å²) in [6.07, 6.45) is 1.91. The van der Waals surface area contributed by atoms with Gasteiger partial charge in [0.05, 0.1) is 12.5 Å². The van der Waals surface area contributed by atoms with Gasteiger partial charge in [-0.2, -0.15) is 0 Å². The van der Waals surface area contributed by atoms with Gasteiger partial charge >= 0.3 is 0 Å². The van der Waals surface area contributed by atoms with E-state index in [-0.39, 0.29) is 36.3 Å². The van der Waals surface area contributed by atoms with Crippen LogP contribution in [-0.2, 0) is 22.4 Å². The third-order valence-corrected chi connectivity index (χ3v) is 4.74. The van der Waals surface area contributed by atoms with Crippen LogP contribution in [0.25, 0.3) is 0 Å². The average Bonchev–Trinajstić information content (AvgIpc) is 2.92. The SMILES string of the molecule is Cc1cc2c(o1)CC(C)(C)CC2NC(=O)COc1ccc(CC(N)=O)cc1. The number of ether oxygens (including phenoxy) is 1. The summed E-state index contributed by atoms with van der Waals surface area (Å²) in [4.78, 5) is 23.3. The minimum absolute atomic E-state index is 0.0619. The van der Waals surface area contributed by atoms with E-state index in [9.17, 15) is 9.59 Å². The lowest BCUT2D eigenvalue weighted by atomic mass is 9.74. The Morgan fingerprint density at radius 1 is 1.30 bits per heavy atom. The molecule has 6 heteroatoms. The summed E-state index contributed by atoms with van der Waals surface area (Å²) in [5.41, 5.74) is 7.11. The standard InChI is InChI=1S/C21H26N2O4/c1-13-8-16-17(10-21(2,3)11-18(16)27-13)23-20(25)12-26-15-6-4-14(5-7-15)9-19(22)24/h4-8,17H,9-12H2,1-3H3,(H2,22,24)(H,23,25). The smallest absolute Gasteiger partial charge is 0.258 e. The van der Waals surface area contributed by atoms with E-state index in [1.807, 2.05) is 13.0 Å². The molecule has 1 aliphatic rings. The molecular formula is C21H26N2O4. The van der Waals surface area contributed by atoms with Crippen molar-refractivity contribution in [2.24, 2.45) is 11.1 Å². The predicted molar refractivity (Wildman–Crippen MR) is 101 cm³/mol. The minimum Gasteiger partial charge on any atom is -0.484 e. The Bertz CT molecular complexity index is 836. The molecule has 3 N–H and O–H groups in total. The number of benzene rings is 1. The highest BCUT2D eigenvalue weighted by Gasteiger charge is 2.35. The summed E-state index contributed by atoms with van der Waals surface area (Å²) in [6.45, 7) is 6.21. The zero-order chi connectivity index (χ0) is 19.6. The van der Waals surface area contributed by atoms with Crippen LogP contribution in [0.5, 0.6) is 5.75 Å². The monoisotopic (exact) mass is 370 g/mol. The van der Waals surface area contributed by atoms with Gasteiger partial charge in [-0.15, -0.1) is 0 Å². The van der Waals surface area contributed by atoms with Gasteiger partial charge in [-0.3, -0.25) is 9.59 Å². The molecule has 1 unspecified atom stereocenters. The summed E-state index contributed by atoms with van der Waals surface area (Å²) in [7, 11) is 0. The molecule has 0 spiro atoms. The first kappa shape index (κ1) is 19.0. The van der Waals surface area contributed by atoms with E-state index in [4.69, 9.17) is 14.9 Å². The molecule has 0 radical (unpaired) electrons. The van der Waals surface area contributed by atoms with Crippen molar-refractivity contribution in [1.29, 1.82) is 0 Å². The summed E-state index contributed by atoms with van der Waals surface area (Å²) in [5, 5.41) is 3.07. The molecule has 6 nitrogen and oxygen atoms in total. The largest absolute Gasteiger partial charge is 0.484 e. The van der Waals surface area contributed by atoms with Crippen LogP contribution in [0, 0.1) is 12.3 Å². The van der Waals surface area contributed by atoms with Gasteiger partial charge < -0.3 is 20.2 Å². The lowest BCUT2D eigenvalue weighted by Gasteiger charge is -2.34. The maximum Gasteiger partial charge on any atom is 0.258 e. The Balaban J connectivity index is 1.58. The molecule has 0 saturated heterocycles. The van der Waals surface area contributed by atoms with Crippen molar-refractivity contribution >= 4 is 11.8 Å². The minimum atomic E-state index is -0.382. The van der Waals surface area contributed by atoms with Crippen LogP contribution >= 0.6 is 0 Å². The summed E-state index contributed by atoms with van der Waals surface area (Å²) < 4.78 is 11.4. The van der Waals surface area contributed by atoms with E-state index in [0.717, 1.165) is 35.5 Å². The second-order valence-electron chi connectivity index (χ2n) is 7.98. The number of hydrogen-bond acceptors (Lipinski definition) is 4. The number of hydrogen-bond donors (Lipinski definition) is 2. The Labute approximate surface area is 159 Å². The first-order valence-electron chi connectivity index (χ1n) is 9.10. The normalized spacial score (nSPS) is 17.8. The number of rotatable bonds is 6. The van der Waals surface area contributed by atoms with Crippen molar-refractivity contribution < 1.29 is 18.7 Å². The number of carbonyl (C=O) groups excluding carboxylic acids is 2. The highest BCUT2D eigenvalue weighted by molar-refractivity contribution is 5.78. The molecule has 2 aromatic rings. The van der Waals surface area contributed by atoms with E-state index < -0.39 is 0 Å². The van der Waals surface area contributed by atoms with Gasteiger partial charge in [-0.25, -0.2) is 0 Å². The Kier molecular flexibility index (Phi) is 5.26. The van der Waals surface area contributed by atoms with Gasteiger partial charge in [-0.1, -0.05) is 26.0 Å². The van der Waals surface area contributed by atoms with Crippen LogP contribution in [0.3, 0.4) is 0 Å². The van der Waals surface area contributed by atoms with Gasteiger partial charge in [0.15, 0.2) is 6.61 Å². The Morgan fingerprint density at radius 2 is 2.00 bits per heavy atom. The van der Waals surface area contributed by atoms with E-state index in [1.54, 1.807) is 24.3 Å². The third-order valence-electron chi connectivity index (χ3n) is 4.74. The lowest BCUT2D eigenvalue weighted by Crippen LogP contribution is -2.38.